The van der Waals surface area contributed by atoms with Crippen LogP contribution < -0.4 is 5.32 Å². The largest absolute Gasteiger partial charge is 0.325 e. The quantitative estimate of drug-likeness (QED) is 0.499. The number of hydrogen-bond donors (Lipinski definition) is 1. The third kappa shape index (κ3) is 5.87. The van der Waals surface area contributed by atoms with Gasteiger partial charge in [-0.2, -0.15) is 0 Å². The van der Waals surface area contributed by atoms with Gasteiger partial charge in [0.1, 0.15) is 5.82 Å². The van der Waals surface area contributed by atoms with Crippen LogP contribution in [0.1, 0.15) is 29.4 Å². The lowest BCUT2D eigenvalue weighted by Crippen LogP contribution is -2.15. The first-order valence-corrected chi connectivity index (χ1v) is 11.5. The van der Waals surface area contributed by atoms with Crippen molar-refractivity contribution in [3.8, 4) is 0 Å². The van der Waals surface area contributed by atoms with Gasteiger partial charge < -0.3 is 9.88 Å². The molecule has 0 aliphatic carbocycles. The van der Waals surface area contributed by atoms with Gasteiger partial charge in [-0.25, -0.2) is 0 Å². The maximum atomic E-state index is 12.4. The van der Waals surface area contributed by atoms with E-state index in [0.717, 1.165) is 40.1 Å². The van der Waals surface area contributed by atoms with E-state index < -0.39 is 0 Å². The predicted octanol–water partition coefficient (Wildman–Crippen LogP) is 5.25. The van der Waals surface area contributed by atoms with Crippen LogP contribution >= 0.6 is 23.5 Å². The van der Waals surface area contributed by atoms with Gasteiger partial charge in [0.15, 0.2) is 5.16 Å². The number of carbonyl (C=O) groups excluding carboxylic acids is 1. The second-order valence-electron chi connectivity index (χ2n) is 6.90. The molecule has 2 aromatic carbocycles. The fraction of sp³-hybridized carbons (Fsp3) is 0.318. The van der Waals surface area contributed by atoms with E-state index in [2.05, 4.69) is 58.2 Å². The van der Waals surface area contributed by atoms with Crippen LogP contribution in [0.4, 0.5) is 5.69 Å². The molecule has 152 valence electrons. The fourth-order valence-corrected chi connectivity index (χ4v) is 4.48. The number of aromatic nitrogens is 3. The third-order valence-electron chi connectivity index (χ3n) is 4.50. The van der Waals surface area contributed by atoms with E-state index in [1.165, 1.54) is 22.2 Å². The Morgan fingerprint density at radius 3 is 2.45 bits per heavy atom. The zero-order valence-electron chi connectivity index (χ0n) is 17.2. The zero-order chi connectivity index (χ0) is 20.8. The van der Waals surface area contributed by atoms with E-state index in [4.69, 9.17) is 0 Å². The van der Waals surface area contributed by atoms with Crippen molar-refractivity contribution in [2.45, 2.75) is 50.0 Å². The van der Waals surface area contributed by atoms with Crippen LogP contribution in [-0.4, -0.2) is 26.4 Å². The van der Waals surface area contributed by atoms with Crippen LogP contribution in [0.15, 0.2) is 52.5 Å². The van der Waals surface area contributed by atoms with Crippen LogP contribution in [0.3, 0.4) is 0 Å². The molecule has 0 aliphatic heterocycles. The molecule has 0 radical (unpaired) electrons. The maximum Gasteiger partial charge on any atom is 0.234 e. The Bertz CT molecular complexity index is 983. The molecule has 0 aliphatic rings. The first-order chi connectivity index (χ1) is 14.0. The highest BCUT2D eigenvalue weighted by molar-refractivity contribution is 7.99. The lowest BCUT2D eigenvalue weighted by Gasteiger charge is -2.10. The molecule has 1 heterocycles. The summed E-state index contributed by atoms with van der Waals surface area (Å²) in [6.45, 7) is 8.95. The summed E-state index contributed by atoms with van der Waals surface area (Å²) < 4.78 is 2.08. The van der Waals surface area contributed by atoms with Crippen molar-refractivity contribution in [1.29, 1.82) is 0 Å². The smallest absolute Gasteiger partial charge is 0.234 e. The topological polar surface area (TPSA) is 59.8 Å². The molecule has 0 spiro atoms. The van der Waals surface area contributed by atoms with Gasteiger partial charge in [-0.15, -0.1) is 22.0 Å². The van der Waals surface area contributed by atoms with Crippen molar-refractivity contribution in [2.75, 3.05) is 11.1 Å². The molecule has 0 unspecified atom stereocenters. The molecule has 0 saturated carbocycles. The molecule has 1 aromatic heterocycles. The van der Waals surface area contributed by atoms with Crippen LogP contribution in [0.5, 0.6) is 0 Å². The van der Waals surface area contributed by atoms with Crippen LogP contribution in [0.2, 0.25) is 0 Å². The van der Waals surface area contributed by atoms with Crippen LogP contribution in [0.25, 0.3) is 0 Å². The highest BCUT2D eigenvalue weighted by Gasteiger charge is 2.14. The molecular formula is C22H26N4OS2. The molecule has 7 heteroatoms. The van der Waals surface area contributed by atoms with Gasteiger partial charge in [0, 0.05) is 17.1 Å². The predicted molar refractivity (Wildman–Crippen MR) is 122 cm³/mol. The average molecular weight is 427 g/mol. The number of nitrogens with one attached hydrogen (secondary N) is 1. The number of nitrogens with zero attached hydrogens (tertiary/aromatic N) is 3. The molecule has 5 nitrogen and oxygen atoms in total. The Morgan fingerprint density at radius 1 is 1.00 bits per heavy atom. The molecule has 29 heavy (non-hydrogen) atoms. The minimum absolute atomic E-state index is 0.0371. The second-order valence-corrected chi connectivity index (χ2v) is 8.89. The minimum Gasteiger partial charge on any atom is -0.325 e. The van der Waals surface area contributed by atoms with Gasteiger partial charge in [-0.1, -0.05) is 41.6 Å². The van der Waals surface area contributed by atoms with E-state index in [9.17, 15) is 4.79 Å². The van der Waals surface area contributed by atoms with Gasteiger partial charge in [-0.05, 0) is 57.0 Å². The SMILES string of the molecule is CCn1c(CSc2ccc(C)cc2)nnc1SCC(=O)Nc1cc(C)ccc1C. The molecule has 0 bridgehead atoms. The van der Waals surface area contributed by atoms with Crippen molar-refractivity contribution < 1.29 is 4.79 Å². The summed E-state index contributed by atoms with van der Waals surface area (Å²) >= 11 is 3.16. The second kappa shape index (κ2) is 9.98. The Balaban J connectivity index is 1.58. The molecule has 0 fully saturated rings. The van der Waals surface area contributed by atoms with E-state index in [1.807, 2.05) is 32.0 Å². The number of carbonyl (C=O) groups is 1. The maximum absolute atomic E-state index is 12.4. The minimum atomic E-state index is -0.0371. The molecule has 0 atom stereocenters. The van der Waals surface area contributed by atoms with Crippen molar-refractivity contribution in [1.82, 2.24) is 14.8 Å². The summed E-state index contributed by atoms with van der Waals surface area (Å²) in [5.41, 5.74) is 4.30. The monoisotopic (exact) mass is 426 g/mol. The summed E-state index contributed by atoms with van der Waals surface area (Å²) in [5, 5.41) is 12.4. The highest BCUT2D eigenvalue weighted by atomic mass is 32.2. The Hall–Kier alpha value is -2.25. The molecule has 3 aromatic rings. The summed E-state index contributed by atoms with van der Waals surface area (Å²) in [4.78, 5) is 13.6. The van der Waals surface area contributed by atoms with Gasteiger partial charge >= 0.3 is 0 Å². The van der Waals surface area contributed by atoms with E-state index in [0.29, 0.717) is 5.75 Å². The summed E-state index contributed by atoms with van der Waals surface area (Å²) in [6, 6.07) is 14.5. The molecule has 3 rings (SSSR count). The lowest BCUT2D eigenvalue weighted by atomic mass is 10.1. The van der Waals surface area contributed by atoms with Crippen LogP contribution in [-0.2, 0) is 17.1 Å². The molecule has 1 amide bonds. The Morgan fingerprint density at radius 2 is 1.72 bits per heavy atom. The van der Waals surface area contributed by atoms with Crippen LogP contribution in [0, 0.1) is 20.8 Å². The average Bonchev–Trinajstić information content (AvgIpc) is 3.10. The van der Waals surface area contributed by atoms with Gasteiger partial charge in [0.05, 0.1) is 11.5 Å². The Labute approximate surface area is 180 Å². The van der Waals surface area contributed by atoms with E-state index >= 15 is 0 Å². The number of rotatable bonds is 8. The first-order valence-electron chi connectivity index (χ1n) is 9.57. The van der Waals surface area contributed by atoms with Gasteiger partial charge in [-0.3, -0.25) is 4.79 Å². The third-order valence-corrected chi connectivity index (χ3v) is 6.47. The standard InChI is InChI=1S/C22H26N4OS2/c1-5-26-20(13-28-18-10-7-15(2)8-11-18)24-25-22(26)29-14-21(27)23-19-12-16(3)6-9-17(19)4/h6-12H,5,13-14H2,1-4H3,(H,23,27). The molecular weight excluding hydrogens is 400 g/mol. The number of aryl methyl sites for hydroxylation is 3. The van der Waals surface area contributed by atoms with Crippen molar-refractivity contribution >= 4 is 35.1 Å². The van der Waals surface area contributed by atoms with Crippen molar-refractivity contribution in [2.24, 2.45) is 0 Å². The van der Waals surface area contributed by atoms with E-state index in [1.54, 1.807) is 11.8 Å². The Kier molecular flexibility index (Phi) is 7.39. The summed E-state index contributed by atoms with van der Waals surface area (Å²) in [7, 11) is 0. The fourth-order valence-electron chi connectivity index (χ4n) is 2.82. The summed E-state index contributed by atoms with van der Waals surface area (Å²) in [6.07, 6.45) is 0. The zero-order valence-corrected chi connectivity index (χ0v) is 18.9. The van der Waals surface area contributed by atoms with Gasteiger partial charge in [0.25, 0.3) is 0 Å². The number of anilines is 1. The molecule has 1 N–H and O–H groups in total. The number of thioether (sulfide) groups is 2. The number of amides is 1. The number of hydrogen-bond acceptors (Lipinski definition) is 5. The summed E-state index contributed by atoms with van der Waals surface area (Å²) in [5.74, 6) is 1.94. The highest BCUT2D eigenvalue weighted by Crippen LogP contribution is 2.25. The lowest BCUT2D eigenvalue weighted by molar-refractivity contribution is -0.113. The van der Waals surface area contributed by atoms with Crippen molar-refractivity contribution in [3.05, 3.63) is 65.0 Å². The van der Waals surface area contributed by atoms with E-state index in [-0.39, 0.29) is 5.91 Å². The first kappa shape index (κ1) is 21.5. The normalized spacial score (nSPS) is 10.9. The van der Waals surface area contributed by atoms with Gasteiger partial charge in [0.2, 0.25) is 5.91 Å². The number of benzene rings is 2. The molecule has 0 saturated heterocycles. The van der Waals surface area contributed by atoms with Crippen molar-refractivity contribution in [3.63, 3.8) is 0 Å².